The second-order valence-electron chi connectivity index (χ2n) is 15.3. The number of rotatable bonds is 38. The van der Waals surface area contributed by atoms with Crippen molar-refractivity contribution in [2.45, 2.75) is 174 Å². The van der Waals surface area contributed by atoms with Crippen molar-refractivity contribution in [3.8, 4) is 0 Å². The highest BCUT2D eigenvalue weighted by molar-refractivity contribution is 5.71. The van der Waals surface area contributed by atoms with E-state index in [4.69, 9.17) is 18.9 Å². The van der Waals surface area contributed by atoms with E-state index in [1.165, 1.54) is 44.9 Å². The second kappa shape index (κ2) is 37.2. The fourth-order valence-corrected chi connectivity index (χ4v) is 5.49. The number of quaternary nitrogens is 1. The summed E-state index contributed by atoms with van der Waals surface area (Å²) in [5.74, 6) is -2.04. The van der Waals surface area contributed by atoms with Crippen LogP contribution in [0.2, 0.25) is 0 Å². The van der Waals surface area contributed by atoms with Gasteiger partial charge in [0.05, 0.1) is 34.4 Å². The zero-order chi connectivity index (χ0) is 40.0. The zero-order valence-corrected chi connectivity index (χ0v) is 35.1. The molecule has 0 spiro atoms. The first kappa shape index (κ1) is 51.2. The average molecular weight is 763 g/mol. The van der Waals surface area contributed by atoms with Crippen LogP contribution in [0.25, 0.3) is 0 Å². The maximum atomic E-state index is 12.7. The predicted octanol–water partition coefficient (Wildman–Crippen LogP) is 10.8. The average Bonchev–Trinajstić information content (AvgIpc) is 3.12. The Bertz CT molecular complexity index is 1030. The highest BCUT2D eigenvalue weighted by Crippen LogP contribution is 2.13. The molecule has 54 heavy (non-hydrogen) atoms. The smallest absolute Gasteiger partial charge is 0.361 e. The lowest BCUT2D eigenvalue weighted by atomic mass is 10.1. The number of hydrogen-bond acceptors (Lipinski definition) is 7. The van der Waals surface area contributed by atoms with Crippen LogP contribution in [0.1, 0.15) is 162 Å². The standard InChI is InChI=1S/C45H79NO8/c1-6-8-10-12-14-16-18-20-21-22-23-24-26-28-30-32-34-36-43(48)54-41(40-53-45(44(49)50)51-38-37-46(3,4)5)39-52-42(47)35-33-31-29-27-25-19-17-15-13-11-9-7-2/h8,10,14-17,20-21,41,45H,6-7,9,11-13,18-19,22-40H2,1-5H3/p+1/b10-8-,16-14-,17-15-,21-20-. The van der Waals surface area contributed by atoms with Gasteiger partial charge in [-0.1, -0.05) is 127 Å². The van der Waals surface area contributed by atoms with E-state index in [0.717, 1.165) is 83.5 Å². The van der Waals surface area contributed by atoms with Crippen molar-refractivity contribution in [1.82, 2.24) is 0 Å². The maximum Gasteiger partial charge on any atom is 0.361 e. The lowest BCUT2D eigenvalue weighted by molar-refractivity contribution is -0.870. The van der Waals surface area contributed by atoms with Gasteiger partial charge in [-0.05, 0) is 70.6 Å². The highest BCUT2D eigenvalue weighted by atomic mass is 16.7. The number of carbonyl (C=O) groups is 3. The Kier molecular flexibility index (Phi) is 35.3. The van der Waals surface area contributed by atoms with E-state index in [-0.39, 0.29) is 38.6 Å². The third-order valence-corrected chi connectivity index (χ3v) is 8.82. The molecule has 0 aliphatic rings. The van der Waals surface area contributed by atoms with Gasteiger partial charge in [0.1, 0.15) is 13.2 Å². The van der Waals surface area contributed by atoms with E-state index >= 15 is 0 Å². The van der Waals surface area contributed by atoms with E-state index in [1.807, 2.05) is 21.1 Å². The van der Waals surface area contributed by atoms with Crippen LogP contribution in [0, 0.1) is 0 Å². The third-order valence-electron chi connectivity index (χ3n) is 8.82. The Labute approximate surface area is 330 Å². The molecule has 0 aromatic heterocycles. The van der Waals surface area contributed by atoms with E-state index in [9.17, 15) is 19.5 Å². The molecule has 0 aromatic carbocycles. The fourth-order valence-electron chi connectivity index (χ4n) is 5.49. The molecule has 0 aliphatic heterocycles. The van der Waals surface area contributed by atoms with E-state index in [2.05, 4.69) is 62.5 Å². The maximum absolute atomic E-state index is 12.7. The largest absolute Gasteiger partial charge is 0.477 e. The molecule has 2 atom stereocenters. The van der Waals surface area contributed by atoms with Gasteiger partial charge in [0.15, 0.2) is 6.10 Å². The van der Waals surface area contributed by atoms with Crippen molar-refractivity contribution in [2.24, 2.45) is 0 Å². The summed E-state index contributed by atoms with van der Waals surface area (Å²) in [6.07, 6.45) is 38.8. The Morgan fingerprint density at radius 3 is 1.59 bits per heavy atom. The number of nitrogens with zero attached hydrogens (tertiary/aromatic N) is 1. The van der Waals surface area contributed by atoms with Crippen LogP contribution >= 0.6 is 0 Å². The molecule has 2 unspecified atom stereocenters. The van der Waals surface area contributed by atoms with E-state index < -0.39 is 24.3 Å². The number of ether oxygens (including phenoxy) is 4. The fraction of sp³-hybridized carbons (Fsp3) is 0.756. The number of carbonyl (C=O) groups excluding carboxylic acids is 2. The van der Waals surface area contributed by atoms with Crippen molar-refractivity contribution in [2.75, 3.05) is 47.5 Å². The zero-order valence-electron chi connectivity index (χ0n) is 35.1. The van der Waals surface area contributed by atoms with Crippen LogP contribution in [0.3, 0.4) is 0 Å². The number of aliphatic carboxylic acids is 1. The van der Waals surface area contributed by atoms with Crippen LogP contribution in [-0.2, 0) is 33.3 Å². The van der Waals surface area contributed by atoms with Gasteiger partial charge in [0.2, 0.25) is 0 Å². The van der Waals surface area contributed by atoms with Gasteiger partial charge in [-0.25, -0.2) is 4.79 Å². The number of esters is 2. The molecular weight excluding hydrogens is 682 g/mol. The molecule has 0 saturated heterocycles. The summed E-state index contributed by atoms with van der Waals surface area (Å²) in [6, 6.07) is 0. The number of carboxylic acid groups (broad SMARTS) is 1. The van der Waals surface area contributed by atoms with Crippen molar-refractivity contribution < 1.29 is 42.9 Å². The molecule has 0 rings (SSSR count). The minimum Gasteiger partial charge on any atom is -0.477 e. The lowest BCUT2D eigenvalue weighted by Crippen LogP contribution is -2.40. The minimum absolute atomic E-state index is 0.183. The second-order valence-corrected chi connectivity index (χ2v) is 15.3. The van der Waals surface area contributed by atoms with Crippen molar-refractivity contribution >= 4 is 17.9 Å². The molecule has 0 aliphatic carbocycles. The SMILES string of the molecule is CC/C=C\C/C=C\C/C=C\CCCCCCCCCC(=O)OC(COC(=O)CCCCCCC/C=C\CCCCC)COC(OCC[N+](C)(C)C)C(=O)O. The molecule has 0 aromatic rings. The first-order valence-corrected chi connectivity index (χ1v) is 21.3. The van der Waals surface area contributed by atoms with Gasteiger partial charge in [-0.15, -0.1) is 0 Å². The summed E-state index contributed by atoms with van der Waals surface area (Å²) in [7, 11) is 5.94. The highest BCUT2D eigenvalue weighted by Gasteiger charge is 2.25. The predicted molar refractivity (Wildman–Crippen MR) is 221 cm³/mol. The topological polar surface area (TPSA) is 108 Å². The number of likely N-dealkylation sites (N-methyl/N-ethyl adjacent to an activating group) is 1. The van der Waals surface area contributed by atoms with E-state index in [0.29, 0.717) is 17.4 Å². The summed E-state index contributed by atoms with van der Waals surface area (Å²) in [4.78, 5) is 37.0. The summed E-state index contributed by atoms with van der Waals surface area (Å²) in [6.45, 7) is 4.69. The number of unbranched alkanes of at least 4 members (excludes halogenated alkanes) is 15. The first-order chi connectivity index (χ1) is 26.1. The molecule has 0 saturated carbocycles. The van der Waals surface area contributed by atoms with E-state index in [1.54, 1.807) is 0 Å². The van der Waals surface area contributed by atoms with Crippen LogP contribution < -0.4 is 0 Å². The number of hydrogen-bond donors (Lipinski definition) is 1. The van der Waals surface area contributed by atoms with Gasteiger partial charge in [0, 0.05) is 12.8 Å². The molecule has 0 fully saturated rings. The molecule has 1 N–H and O–H groups in total. The molecular formula is C45H80NO8+. The minimum atomic E-state index is -1.51. The van der Waals surface area contributed by atoms with Crippen LogP contribution in [0.4, 0.5) is 0 Å². The van der Waals surface area contributed by atoms with Crippen molar-refractivity contribution in [3.63, 3.8) is 0 Å². The van der Waals surface area contributed by atoms with Crippen molar-refractivity contribution in [1.29, 1.82) is 0 Å². The number of allylic oxidation sites excluding steroid dienone is 8. The number of carboxylic acids is 1. The monoisotopic (exact) mass is 763 g/mol. The van der Waals surface area contributed by atoms with Crippen molar-refractivity contribution in [3.05, 3.63) is 48.6 Å². The van der Waals surface area contributed by atoms with Gasteiger partial charge < -0.3 is 28.5 Å². The Hall–Kier alpha value is -2.75. The quantitative estimate of drug-likeness (QED) is 0.0218. The lowest BCUT2D eigenvalue weighted by Gasteiger charge is -2.25. The molecule has 0 bridgehead atoms. The van der Waals surface area contributed by atoms with Gasteiger partial charge in [-0.2, -0.15) is 0 Å². The molecule has 9 nitrogen and oxygen atoms in total. The van der Waals surface area contributed by atoms with Gasteiger partial charge in [0.25, 0.3) is 6.29 Å². The Morgan fingerprint density at radius 2 is 1.06 bits per heavy atom. The summed E-state index contributed by atoms with van der Waals surface area (Å²) in [5.41, 5.74) is 0. The Morgan fingerprint density at radius 1 is 0.574 bits per heavy atom. The summed E-state index contributed by atoms with van der Waals surface area (Å²) in [5, 5.41) is 9.61. The summed E-state index contributed by atoms with van der Waals surface area (Å²) < 4.78 is 22.7. The molecule has 0 radical (unpaired) electrons. The first-order valence-electron chi connectivity index (χ1n) is 21.3. The van der Waals surface area contributed by atoms with Crippen LogP contribution in [0.5, 0.6) is 0 Å². The van der Waals surface area contributed by atoms with Gasteiger partial charge >= 0.3 is 17.9 Å². The summed E-state index contributed by atoms with van der Waals surface area (Å²) >= 11 is 0. The van der Waals surface area contributed by atoms with Gasteiger partial charge in [-0.3, -0.25) is 9.59 Å². The Balaban J connectivity index is 4.50. The third kappa shape index (κ3) is 37.6. The van der Waals surface area contributed by atoms with Crippen LogP contribution in [0.15, 0.2) is 48.6 Å². The normalized spacial score (nSPS) is 13.4. The van der Waals surface area contributed by atoms with Crippen LogP contribution in [-0.4, -0.2) is 87.4 Å². The molecule has 0 amide bonds. The molecule has 9 heteroatoms. The molecule has 312 valence electrons. The molecule has 0 heterocycles.